The van der Waals surface area contributed by atoms with Crippen molar-refractivity contribution in [3.05, 3.63) is 29.8 Å². The minimum absolute atomic E-state index is 0.768. The second-order valence-corrected chi connectivity index (χ2v) is 7.67. The van der Waals surface area contributed by atoms with E-state index in [-0.39, 0.29) is 0 Å². The van der Waals surface area contributed by atoms with Crippen LogP contribution >= 0.6 is 11.8 Å². The number of likely N-dealkylation sites (tertiary alicyclic amines) is 1. The highest BCUT2D eigenvalue weighted by Gasteiger charge is 2.42. The van der Waals surface area contributed by atoms with E-state index in [1.165, 1.54) is 37.5 Å². The molecule has 2 nitrogen and oxygen atoms in total. The van der Waals surface area contributed by atoms with Gasteiger partial charge in [-0.1, -0.05) is 18.2 Å². The van der Waals surface area contributed by atoms with Crippen molar-refractivity contribution in [2.45, 2.75) is 29.5 Å². The zero-order valence-corrected chi connectivity index (χ0v) is 12.3. The number of nitrogens with zero attached hydrogens (tertiary/aromatic N) is 1. The van der Waals surface area contributed by atoms with Crippen LogP contribution in [0.15, 0.2) is 29.2 Å². The SMILES string of the molecule is CC1C2CNCC2CN1CC1Cc2ccccc2S1. The first-order chi connectivity index (χ1) is 9.31. The van der Waals surface area contributed by atoms with Crippen molar-refractivity contribution in [2.24, 2.45) is 11.8 Å². The molecule has 0 radical (unpaired) electrons. The molecule has 102 valence electrons. The molecule has 0 aromatic heterocycles. The zero-order chi connectivity index (χ0) is 12.8. The highest BCUT2D eigenvalue weighted by atomic mass is 32.2. The Morgan fingerprint density at radius 1 is 1.32 bits per heavy atom. The van der Waals surface area contributed by atoms with Crippen molar-refractivity contribution < 1.29 is 0 Å². The van der Waals surface area contributed by atoms with Gasteiger partial charge in [-0.2, -0.15) is 0 Å². The Labute approximate surface area is 119 Å². The van der Waals surface area contributed by atoms with E-state index in [2.05, 4.69) is 53.2 Å². The van der Waals surface area contributed by atoms with Crippen LogP contribution in [-0.4, -0.2) is 42.4 Å². The van der Waals surface area contributed by atoms with Crippen LogP contribution in [0.4, 0.5) is 0 Å². The summed E-state index contributed by atoms with van der Waals surface area (Å²) in [5.74, 6) is 1.80. The Hall–Kier alpha value is -0.510. The van der Waals surface area contributed by atoms with Gasteiger partial charge < -0.3 is 5.32 Å². The minimum Gasteiger partial charge on any atom is -0.316 e. The summed E-state index contributed by atoms with van der Waals surface area (Å²) in [5, 5.41) is 4.32. The maximum absolute atomic E-state index is 3.55. The van der Waals surface area contributed by atoms with Crippen LogP contribution < -0.4 is 5.32 Å². The normalized spacial score (nSPS) is 37.5. The highest BCUT2D eigenvalue weighted by molar-refractivity contribution is 8.00. The van der Waals surface area contributed by atoms with E-state index >= 15 is 0 Å². The van der Waals surface area contributed by atoms with E-state index in [1.807, 2.05) is 0 Å². The Morgan fingerprint density at radius 2 is 2.21 bits per heavy atom. The van der Waals surface area contributed by atoms with E-state index in [9.17, 15) is 0 Å². The largest absolute Gasteiger partial charge is 0.316 e. The molecule has 3 aliphatic heterocycles. The molecule has 2 saturated heterocycles. The van der Waals surface area contributed by atoms with E-state index in [4.69, 9.17) is 0 Å². The molecule has 4 unspecified atom stereocenters. The smallest absolute Gasteiger partial charge is 0.0263 e. The molecular formula is C16H22N2S. The second-order valence-electron chi connectivity index (χ2n) is 6.33. The van der Waals surface area contributed by atoms with Crippen molar-refractivity contribution in [3.8, 4) is 0 Å². The first-order valence-electron chi connectivity index (χ1n) is 7.50. The quantitative estimate of drug-likeness (QED) is 0.890. The number of benzene rings is 1. The van der Waals surface area contributed by atoms with E-state index < -0.39 is 0 Å². The standard InChI is InChI=1S/C16H22N2S/c1-11-15-8-17-7-13(15)9-18(11)10-14-6-12-4-2-3-5-16(12)19-14/h2-5,11,13-15,17H,6-10H2,1H3. The number of rotatable bonds is 2. The van der Waals surface area contributed by atoms with Gasteiger partial charge in [0.05, 0.1) is 0 Å². The Balaban J connectivity index is 1.41. The fourth-order valence-electron chi connectivity index (χ4n) is 4.11. The molecule has 2 fully saturated rings. The summed E-state index contributed by atoms with van der Waals surface area (Å²) in [4.78, 5) is 4.26. The van der Waals surface area contributed by atoms with Crippen LogP contribution in [0.25, 0.3) is 0 Å². The lowest BCUT2D eigenvalue weighted by Crippen LogP contribution is -2.37. The Bertz CT molecular complexity index is 451. The summed E-state index contributed by atoms with van der Waals surface area (Å²) in [6.45, 7) is 7.49. The van der Waals surface area contributed by atoms with Crippen molar-refractivity contribution in [1.82, 2.24) is 10.2 Å². The van der Waals surface area contributed by atoms with Crippen LogP contribution in [0.3, 0.4) is 0 Å². The highest BCUT2D eigenvalue weighted by Crippen LogP contribution is 2.39. The molecule has 3 aliphatic rings. The molecule has 3 heteroatoms. The molecule has 0 bridgehead atoms. The molecule has 3 heterocycles. The maximum Gasteiger partial charge on any atom is 0.0263 e. The average Bonchev–Trinajstić information content (AvgIpc) is 3.07. The molecule has 0 spiro atoms. The summed E-state index contributed by atoms with van der Waals surface area (Å²) < 4.78 is 0. The fourth-order valence-corrected chi connectivity index (χ4v) is 5.46. The lowest BCUT2D eigenvalue weighted by atomic mass is 9.95. The number of nitrogens with one attached hydrogen (secondary N) is 1. The van der Waals surface area contributed by atoms with Gasteiger partial charge in [0.2, 0.25) is 0 Å². The Kier molecular flexibility index (Phi) is 3.09. The zero-order valence-electron chi connectivity index (χ0n) is 11.5. The topological polar surface area (TPSA) is 15.3 Å². The number of fused-ring (bicyclic) bond motifs is 2. The van der Waals surface area contributed by atoms with Crippen molar-refractivity contribution >= 4 is 11.8 Å². The van der Waals surface area contributed by atoms with Crippen molar-refractivity contribution in [2.75, 3.05) is 26.2 Å². The van der Waals surface area contributed by atoms with Gasteiger partial charge in [0.1, 0.15) is 0 Å². The van der Waals surface area contributed by atoms with Crippen molar-refractivity contribution in [3.63, 3.8) is 0 Å². The lowest BCUT2D eigenvalue weighted by Gasteiger charge is -2.26. The summed E-state index contributed by atoms with van der Waals surface area (Å²) in [7, 11) is 0. The second kappa shape index (κ2) is 4.80. The summed E-state index contributed by atoms with van der Waals surface area (Å²) in [6, 6.07) is 9.70. The number of thioether (sulfide) groups is 1. The van der Waals surface area contributed by atoms with Gasteiger partial charge >= 0.3 is 0 Å². The number of hydrogen-bond acceptors (Lipinski definition) is 3. The van der Waals surface area contributed by atoms with Gasteiger partial charge in [0.15, 0.2) is 0 Å². The monoisotopic (exact) mass is 274 g/mol. The fraction of sp³-hybridized carbons (Fsp3) is 0.625. The third-order valence-corrected chi connectivity index (χ3v) is 6.51. The van der Waals surface area contributed by atoms with Crippen LogP contribution in [-0.2, 0) is 6.42 Å². The van der Waals surface area contributed by atoms with Gasteiger partial charge in [-0.15, -0.1) is 11.8 Å². The van der Waals surface area contributed by atoms with Gasteiger partial charge in [-0.05, 0) is 49.9 Å². The average molecular weight is 274 g/mol. The molecular weight excluding hydrogens is 252 g/mol. The van der Waals surface area contributed by atoms with Crippen LogP contribution in [0.1, 0.15) is 12.5 Å². The molecule has 0 saturated carbocycles. The molecule has 4 atom stereocenters. The first kappa shape index (κ1) is 12.2. The van der Waals surface area contributed by atoms with Crippen LogP contribution in [0, 0.1) is 11.8 Å². The van der Waals surface area contributed by atoms with Gasteiger partial charge in [0.25, 0.3) is 0 Å². The lowest BCUT2D eigenvalue weighted by molar-refractivity contribution is 0.240. The molecule has 1 aromatic rings. The third kappa shape index (κ3) is 2.12. The molecule has 4 rings (SSSR count). The molecule has 1 aromatic carbocycles. The van der Waals surface area contributed by atoms with Gasteiger partial charge in [0, 0.05) is 29.3 Å². The van der Waals surface area contributed by atoms with Crippen LogP contribution in [0.5, 0.6) is 0 Å². The molecule has 1 N–H and O–H groups in total. The summed E-state index contributed by atoms with van der Waals surface area (Å²) in [5.41, 5.74) is 1.56. The minimum atomic E-state index is 0.768. The van der Waals surface area contributed by atoms with Crippen molar-refractivity contribution in [1.29, 1.82) is 0 Å². The third-order valence-electron chi connectivity index (χ3n) is 5.21. The maximum atomic E-state index is 3.55. The van der Waals surface area contributed by atoms with Gasteiger partial charge in [-0.3, -0.25) is 4.90 Å². The summed E-state index contributed by atoms with van der Waals surface area (Å²) in [6.07, 6.45) is 1.26. The predicted molar refractivity (Wildman–Crippen MR) is 80.7 cm³/mol. The van der Waals surface area contributed by atoms with E-state index in [0.29, 0.717) is 0 Å². The first-order valence-corrected chi connectivity index (χ1v) is 8.38. The molecule has 0 aliphatic carbocycles. The van der Waals surface area contributed by atoms with E-state index in [0.717, 1.165) is 23.1 Å². The Morgan fingerprint density at radius 3 is 3.05 bits per heavy atom. The van der Waals surface area contributed by atoms with Crippen LogP contribution in [0.2, 0.25) is 0 Å². The molecule has 19 heavy (non-hydrogen) atoms. The number of hydrogen-bond donors (Lipinski definition) is 1. The molecule has 0 amide bonds. The van der Waals surface area contributed by atoms with Gasteiger partial charge in [-0.25, -0.2) is 0 Å². The van der Waals surface area contributed by atoms with E-state index in [1.54, 1.807) is 5.56 Å². The predicted octanol–water partition coefficient (Wildman–Crippen LogP) is 2.24. The summed E-state index contributed by atoms with van der Waals surface area (Å²) >= 11 is 2.10.